The van der Waals surface area contributed by atoms with Gasteiger partial charge in [0.05, 0.1) is 6.04 Å². The number of amides is 5. The number of nitrogens with two attached hydrogens (primary N) is 1. The van der Waals surface area contributed by atoms with Crippen molar-refractivity contribution in [3.8, 4) is 0 Å². The highest BCUT2D eigenvalue weighted by atomic mass is 16.2. The second-order valence-electron chi connectivity index (χ2n) is 12.5. The van der Waals surface area contributed by atoms with Crippen molar-refractivity contribution in [1.82, 2.24) is 20.9 Å². The summed E-state index contributed by atoms with van der Waals surface area (Å²) in [7, 11) is 0. The summed E-state index contributed by atoms with van der Waals surface area (Å²) < 4.78 is 66.2. The zero-order valence-corrected chi connectivity index (χ0v) is 22.4. The Hall–Kier alpha value is -2.65. The van der Waals surface area contributed by atoms with Crippen LogP contribution in [-0.4, -0.2) is 64.6 Å². The highest BCUT2D eigenvalue weighted by Crippen LogP contribution is 2.65. The van der Waals surface area contributed by atoms with Crippen LogP contribution in [0.1, 0.15) is 91.8 Å². The highest BCUT2D eigenvalue weighted by molar-refractivity contribution is 6.37. The first-order valence-corrected chi connectivity index (χ1v) is 12.6. The van der Waals surface area contributed by atoms with Crippen LogP contribution in [0.15, 0.2) is 0 Å². The molecule has 3 rings (SSSR count). The third-order valence-electron chi connectivity index (χ3n) is 7.23. The van der Waals surface area contributed by atoms with E-state index in [2.05, 4.69) is 16.0 Å². The molecule has 5 atom stereocenters. The zero-order valence-electron chi connectivity index (χ0n) is 30.4. The quantitative estimate of drug-likeness (QED) is 0.354. The van der Waals surface area contributed by atoms with Gasteiger partial charge in [-0.2, -0.15) is 0 Å². The molecular formula is C27H45N5O5. The van der Waals surface area contributed by atoms with Gasteiger partial charge in [-0.05, 0) is 55.7 Å². The molecule has 3 fully saturated rings. The first kappa shape index (κ1) is 19.4. The molecule has 2 aliphatic carbocycles. The number of ketones is 1. The van der Waals surface area contributed by atoms with Crippen molar-refractivity contribution in [2.75, 3.05) is 6.54 Å². The maximum Gasteiger partial charge on any atom is 0.315 e. The van der Waals surface area contributed by atoms with Crippen molar-refractivity contribution in [2.45, 2.75) is 105 Å². The van der Waals surface area contributed by atoms with Crippen molar-refractivity contribution >= 4 is 29.5 Å². The van der Waals surface area contributed by atoms with Crippen LogP contribution in [0.5, 0.6) is 0 Å². The SMILES string of the molecule is [2H]C([2H])(C1CCC1)[C@H](NC(=O)[C@@H]1[C@@H]2[C@H](CN1C(=O)[C@@H](NC(=O)NC(C)(C)C)C(C)(C)C)C2(C([2H])([2H])[2H])C([2H])([2H])[2H])C(=O)C(N)=O. The molecular weight excluding hydrogens is 474 g/mol. The van der Waals surface area contributed by atoms with E-state index < -0.39 is 108 Å². The molecule has 1 aliphatic heterocycles. The van der Waals surface area contributed by atoms with Gasteiger partial charge >= 0.3 is 6.03 Å². The van der Waals surface area contributed by atoms with Crippen LogP contribution in [0, 0.1) is 28.6 Å². The first-order chi connectivity index (χ1) is 20.1. The van der Waals surface area contributed by atoms with Gasteiger partial charge in [0.1, 0.15) is 12.1 Å². The molecule has 0 spiro atoms. The van der Waals surface area contributed by atoms with Crippen molar-refractivity contribution in [2.24, 2.45) is 34.3 Å². The average Bonchev–Trinajstić information content (AvgIpc) is 3.31. The predicted octanol–water partition coefficient (Wildman–Crippen LogP) is 1.71. The van der Waals surface area contributed by atoms with Crippen LogP contribution in [0.25, 0.3) is 0 Å². The molecule has 0 unspecified atom stereocenters. The minimum absolute atomic E-state index is 0.376. The van der Waals surface area contributed by atoms with Crippen molar-refractivity contribution in [1.29, 1.82) is 0 Å². The van der Waals surface area contributed by atoms with E-state index in [9.17, 15) is 24.0 Å². The number of primary amides is 1. The maximum absolute atomic E-state index is 14.2. The summed E-state index contributed by atoms with van der Waals surface area (Å²) >= 11 is 0. The van der Waals surface area contributed by atoms with E-state index in [0.717, 1.165) is 4.90 Å². The largest absolute Gasteiger partial charge is 0.363 e. The minimum Gasteiger partial charge on any atom is -0.363 e. The second-order valence-corrected chi connectivity index (χ2v) is 12.5. The van der Waals surface area contributed by atoms with Gasteiger partial charge in [-0.15, -0.1) is 0 Å². The summed E-state index contributed by atoms with van der Waals surface area (Å²) in [4.78, 5) is 66.9. The van der Waals surface area contributed by atoms with Gasteiger partial charge in [0.15, 0.2) is 0 Å². The molecule has 5 N–H and O–H groups in total. The molecule has 10 nitrogen and oxygen atoms in total. The van der Waals surface area contributed by atoms with Crippen LogP contribution in [0.2, 0.25) is 0 Å². The van der Waals surface area contributed by atoms with Crippen LogP contribution in [-0.2, 0) is 19.2 Å². The van der Waals surface area contributed by atoms with Gasteiger partial charge in [0.25, 0.3) is 5.91 Å². The Morgan fingerprint density at radius 3 is 2.16 bits per heavy atom. The third kappa shape index (κ3) is 6.26. The fraction of sp³-hybridized carbons (Fsp3) is 0.815. The summed E-state index contributed by atoms with van der Waals surface area (Å²) in [6.45, 7) is 3.51. The van der Waals surface area contributed by atoms with Crippen LogP contribution >= 0.6 is 0 Å². The Balaban J connectivity index is 2.09. The molecule has 0 aromatic heterocycles. The molecule has 10 heteroatoms. The zero-order chi connectivity index (χ0) is 34.9. The Morgan fingerprint density at radius 2 is 1.70 bits per heavy atom. The van der Waals surface area contributed by atoms with Gasteiger partial charge < -0.3 is 26.6 Å². The van der Waals surface area contributed by atoms with Gasteiger partial charge in [-0.25, -0.2) is 4.79 Å². The fourth-order valence-corrected chi connectivity index (χ4v) is 4.95. The molecule has 5 amide bonds. The lowest BCUT2D eigenvalue weighted by Crippen LogP contribution is -2.62. The lowest BCUT2D eigenvalue weighted by Gasteiger charge is -2.38. The molecule has 2 saturated carbocycles. The fourth-order valence-electron chi connectivity index (χ4n) is 4.95. The van der Waals surface area contributed by atoms with E-state index in [1.807, 2.05) is 0 Å². The summed E-state index contributed by atoms with van der Waals surface area (Å²) in [5.74, 6) is -8.23. The van der Waals surface area contributed by atoms with Gasteiger partial charge in [-0.1, -0.05) is 53.7 Å². The van der Waals surface area contributed by atoms with Gasteiger partial charge in [0.2, 0.25) is 17.6 Å². The van der Waals surface area contributed by atoms with Crippen LogP contribution in [0.4, 0.5) is 4.79 Å². The third-order valence-corrected chi connectivity index (χ3v) is 7.23. The van der Waals surface area contributed by atoms with E-state index in [0.29, 0.717) is 19.3 Å². The topological polar surface area (TPSA) is 151 Å². The molecule has 0 radical (unpaired) electrons. The Morgan fingerprint density at radius 1 is 1.08 bits per heavy atom. The normalized spacial score (nSPS) is 30.5. The number of nitrogens with one attached hydrogen (secondary N) is 3. The average molecular weight is 528 g/mol. The second kappa shape index (κ2) is 9.91. The van der Waals surface area contributed by atoms with E-state index in [1.165, 1.54) is 0 Å². The predicted molar refractivity (Wildman–Crippen MR) is 139 cm³/mol. The Labute approximate surface area is 231 Å². The number of rotatable bonds is 8. The van der Waals surface area contributed by atoms with Crippen molar-refractivity contribution < 1.29 is 34.9 Å². The number of nitrogens with zero attached hydrogens (tertiary/aromatic N) is 1. The number of piperidine rings is 1. The number of hydrogen-bond acceptors (Lipinski definition) is 5. The molecule has 37 heavy (non-hydrogen) atoms. The van der Waals surface area contributed by atoms with Crippen LogP contribution in [0.3, 0.4) is 0 Å². The molecule has 1 saturated heterocycles. The van der Waals surface area contributed by atoms with Gasteiger partial charge in [0, 0.05) is 23.0 Å². The summed E-state index contributed by atoms with van der Waals surface area (Å²) in [5, 5.41) is 7.54. The molecule has 0 bridgehead atoms. The van der Waals surface area contributed by atoms with Crippen molar-refractivity contribution in [3.05, 3.63) is 0 Å². The highest BCUT2D eigenvalue weighted by Gasteiger charge is 2.70. The molecule has 208 valence electrons. The van der Waals surface area contributed by atoms with E-state index in [1.54, 1.807) is 41.5 Å². The maximum atomic E-state index is 14.2. The Kier molecular flexibility index (Phi) is 5.20. The lowest BCUT2D eigenvalue weighted by atomic mass is 9.80. The number of hydrogen-bond donors (Lipinski definition) is 4. The summed E-state index contributed by atoms with van der Waals surface area (Å²) in [6.07, 6.45) is -1.02. The van der Waals surface area contributed by atoms with Crippen LogP contribution < -0.4 is 21.7 Å². The standard InChI is InChI=1S/C27H45N5O5/c1-25(2,3)20(30-24(37)31-26(4,5)6)23(36)32-13-15-17(27(15,7)8)18(32)22(35)29-16(19(33)21(28)34)12-14-10-9-11-14/h14-18,20H,9-13H2,1-8H3,(H2,28,34)(H,29,35)(H2,30,31,37)/t15-,16-,17-,18-,20+/m0/s1/i7D3,8D3,12D2. The van der Waals surface area contributed by atoms with Crippen molar-refractivity contribution in [3.63, 3.8) is 0 Å². The number of carbonyl (C=O) groups is 5. The van der Waals surface area contributed by atoms with E-state index >= 15 is 0 Å². The number of likely N-dealkylation sites (tertiary alicyclic amines) is 1. The Bertz CT molecular complexity index is 1220. The summed E-state index contributed by atoms with van der Waals surface area (Å²) in [5.41, 5.74) is 1.21. The first-order valence-electron chi connectivity index (χ1n) is 16.6. The molecule has 0 aromatic carbocycles. The number of fused-ring (bicyclic) bond motifs is 1. The van der Waals surface area contributed by atoms with Gasteiger partial charge in [-0.3, -0.25) is 19.2 Å². The molecule has 0 aromatic rings. The number of carbonyl (C=O) groups excluding carboxylic acids is 5. The molecule has 3 aliphatic rings. The minimum atomic E-state index is -3.08. The monoisotopic (exact) mass is 527 g/mol. The number of Topliss-reactive ketones (excluding diaryl/α,β-unsaturated/α-hetero) is 1. The summed E-state index contributed by atoms with van der Waals surface area (Å²) in [6, 6.07) is -5.80. The van der Waals surface area contributed by atoms with E-state index in [-0.39, 0.29) is 0 Å². The molecule has 1 heterocycles. The lowest BCUT2D eigenvalue weighted by molar-refractivity contribution is -0.145. The number of urea groups is 1. The van der Waals surface area contributed by atoms with E-state index in [4.69, 9.17) is 16.7 Å². The smallest absolute Gasteiger partial charge is 0.315 e.